The summed E-state index contributed by atoms with van der Waals surface area (Å²) in [6.07, 6.45) is 0.659. The maximum Gasteiger partial charge on any atom is 0.311 e. The Bertz CT molecular complexity index is 792. The number of hydrogen-bond acceptors (Lipinski definition) is 4. The maximum absolute atomic E-state index is 12.4. The van der Waals surface area contributed by atoms with Crippen molar-refractivity contribution in [3.8, 4) is 10.6 Å². The van der Waals surface area contributed by atoms with Gasteiger partial charge in [0, 0.05) is 24.0 Å². The summed E-state index contributed by atoms with van der Waals surface area (Å²) in [6.45, 7) is 2.41. The van der Waals surface area contributed by atoms with Crippen LogP contribution in [0.3, 0.4) is 0 Å². The van der Waals surface area contributed by atoms with Gasteiger partial charge in [0.05, 0.1) is 22.6 Å². The fraction of sp³-hybridized carbons (Fsp3) is 0.353. The Morgan fingerprint density at radius 2 is 2.17 bits per heavy atom. The number of hydrogen-bond donors (Lipinski definition) is 1. The van der Waals surface area contributed by atoms with E-state index < -0.39 is 11.4 Å². The molecule has 1 aliphatic heterocycles. The molecule has 1 N–H and O–H groups in total. The molecule has 0 bridgehead atoms. The van der Waals surface area contributed by atoms with E-state index in [1.807, 2.05) is 23.6 Å². The smallest absolute Gasteiger partial charge is 0.311 e. The number of nitrogens with zero attached hydrogens (tertiary/aromatic N) is 2. The molecule has 3 rings (SSSR count). The van der Waals surface area contributed by atoms with Crippen molar-refractivity contribution in [2.75, 3.05) is 13.1 Å². The van der Waals surface area contributed by atoms with Crippen LogP contribution in [0.25, 0.3) is 10.6 Å². The predicted molar refractivity (Wildman–Crippen MR) is 93.2 cm³/mol. The average Bonchev–Trinajstić information content (AvgIpc) is 3.15. The van der Waals surface area contributed by atoms with Crippen molar-refractivity contribution in [3.05, 3.63) is 40.4 Å². The minimum atomic E-state index is -0.854. The summed E-state index contributed by atoms with van der Waals surface area (Å²) in [7, 11) is 0. The number of carboxylic acids is 1. The first-order valence-corrected chi connectivity index (χ1v) is 8.85. The number of carboxylic acid groups (broad SMARTS) is 1. The normalized spacial score (nSPS) is 20.3. The third kappa shape index (κ3) is 3.30. The number of benzene rings is 1. The molecule has 5 nitrogen and oxygen atoms in total. The minimum Gasteiger partial charge on any atom is -0.481 e. The van der Waals surface area contributed by atoms with Gasteiger partial charge >= 0.3 is 5.97 Å². The second kappa shape index (κ2) is 6.53. The summed E-state index contributed by atoms with van der Waals surface area (Å²) in [4.78, 5) is 29.8. The summed E-state index contributed by atoms with van der Waals surface area (Å²) in [5, 5.41) is 12.5. The molecular formula is C17H17ClN2O3S. The van der Waals surface area contributed by atoms with E-state index in [2.05, 4.69) is 4.98 Å². The highest BCUT2D eigenvalue weighted by molar-refractivity contribution is 7.13. The van der Waals surface area contributed by atoms with Gasteiger partial charge in [-0.15, -0.1) is 11.3 Å². The lowest BCUT2D eigenvalue weighted by Crippen LogP contribution is -2.35. The minimum absolute atomic E-state index is 0.0871. The van der Waals surface area contributed by atoms with Crippen molar-refractivity contribution >= 4 is 34.8 Å². The van der Waals surface area contributed by atoms with Crippen LogP contribution in [0, 0.1) is 5.41 Å². The second-order valence-electron chi connectivity index (χ2n) is 6.23. The zero-order valence-electron chi connectivity index (χ0n) is 13.2. The molecule has 7 heteroatoms. The Labute approximate surface area is 148 Å². The van der Waals surface area contributed by atoms with Crippen molar-refractivity contribution in [1.82, 2.24) is 9.88 Å². The van der Waals surface area contributed by atoms with E-state index in [-0.39, 0.29) is 18.9 Å². The van der Waals surface area contributed by atoms with Crippen LogP contribution in [0.2, 0.25) is 5.02 Å². The molecule has 0 saturated carbocycles. The molecule has 1 aromatic carbocycles. The summed E-state index contributed by atoms with van der Waals surface area (Å²) in [5.41, 5.74) is 0.687. The van der Waals surface area contributed by atoms with Crippen LogP contribution in [-0.4, -0.2) is 40.0 Å². The van der Waals surface area contributed by atoms with Crippen LogP contribution in [-0.2, 0) is 16.0 Å². The zero-order valence-corrected chi connectivity index (χ0v) is 14.7. The molecule has 0 spiro atoms. The van der Waals surface area contributed by atoms with Gasteiger partial charge in [-0.05, 0) is 19.4 Å². The molecule has 1 saturated heterocycles. The summed E-state index contributed by atoms with van der Waals surface area (Å²) in [6, 6.07) is 7.45. The van der Waals surface area contributed by atoms with E-state index in [4.69, 9.17) is 11.6 Å². The highest BCUT2D eigenvalue weighted by Crippen LogP contribution is 2.32. The molecule has 1 aliphatic rings. The quantitative estimate of drug-likeness (QED) is 0.903. The number of carbonyl (C=O) groups excluding carboxylic acids is 1. The summed E-state index contributed by atoms with van der Waals surface area (Å²) < 4.78 is 0. The van der Waals surface area contributed by atoms with Gasteiger partial charge in [-0.3, -0.25) is 9.59 Å². The molecule has 24 heavy (non-hydrogen) atoms. The topological polar surface area (TPSA) is 70.5 Å². The van der Waals surface area contributed by atoms with Gasteiger partial charge < -0.3 is 10.0 Å². The van der Waals surface area contributed by atoms with Crippen LogP contribution >= 0.6 is 22.9 Å². The largest absolute Gasteiger partial charge is 0.481 e. The first-order valence-electron chi connectivity index (χ1n) is 7.59. The number of amides is 1. The molecule has 0 aliphatic carbocycles. The highest BCUT2D eigenvalue weighted by atomic mass is 35.5. The third-order valence-electron chi connectivity index (χ3n) is 4.33. The van der Waals surface area contributed by atoms with Crippen LogP contribution in [0.1, 0.15) is 19.0 Å². The van der Waals surface area contributed by atoms with Crippen molar-refractivity contribution in [3.63, 3.8) is 0 Å². The predicted octanol–water partition coefficient (Wildman–Crippen LogP) is 3.33. The van der Waals surface area contributed by atoms with E-state index in [0.29, 0.717) is 23.7 Å². The van der Waals surface area contributed by atoms with Gasteiger partial charge in [-0.25, -0.2) is 4.98 Å². The van der Waals surface area contributed by atoms with Gasteiger partial charge in [-0.2, -0.15) is 0 Å². The molecule has 2 aromatic rings. The lowest BCUT2D eigenvalue weighted by atomic mass is 9.90. The number of thiazole rings is 1. The van der Waals surface area contributed by atoms with Crippen molar-refractivity contribution in [2.24, 2.45) is 5.41 Å². The fourth-order valence-corrected chi connectivity index (χ4v) is 3.90. The van der Waals surface area contributed by atoms with Crippen LogP contribution in [0.15, 0.2) is 29.6 Å². The van der Waals surface area contributed by atoms with Gasteiger partial charge in [0.25, 0.3) is 0 Å². The highest BCUT2D eigenvalue weighted by Gasteiger charge is 2.42. The van der Waals surface area contributed by atoms with Gasteiger partial charge in [-0.1, -0.05) is 29.8 Å². The number of rotatable bonds is 4. The Kier molecular flexibility index (Phi) is 4.60. The Morgan fingerprint density at radius 3 is 2.83 bits per heavy atom. The second-order valence-corrected chi connectivity index (χ2v) is 7.50. The molecular weight excluding hydrogens is 348 g/mol. The molecule has 1 fully saturated rings. The average molecular weight is 365 g/mol. The third-order valence-corrected chi connectivity index (χ3v) is 5.58. The van der Waals surface area contributed by atoms with E-state index in [1.165, 1.54) is 11.3 Å². The zero-order chi connectivity index (χ0) is 17.3. The number of likely N-dealkylation sites (tertiary alicyclic amines) is 1. The molecule has 1 amide bonds. The van der Waals surface area contributed by atoms with Crippen LogP contribution in [0.4, 0.5) is 0 Å². The summed E-state index contributed by atoms with van der Waals surface area (Å²) >= 11 is 7.62. The Balaban J connectivity index is 1.69. The standard InChI is InChI=1S/C17H17ClN2O3S/c1-17(16(22)23)6-7-20(10-17)14(21)8-11-9-24-15(19-11)12-4-2-3-5-13(12)18/h2-5,9H,6-8,10H2,1H3,(H,22,23). The van der Waals surface area contributed by atoms with Gasteiger partial charge in [0.15, 0.2) is 0 Å². The van der Waals surface area contributed by atoms with E-state index in [0.717, 1.165) is 10.6 Å². The Morgan fingerprint density at radius 1 is 1.42 bits per heavy atom. The number of halogens is 1. The molecule has 0 radical (unpaired) electrons. The van der Waals surface area contributed by atoms with E-state index in [9.17, 15) is 14.7 Å². The molecule has 2 heterocycles. The molecule has 126 valence electrons. The molecule has 1 unspecified atom stereocenters. The van der Waals surface area contributed by atoms with Gasteiger partial charge in [0.2, 0.25) is 5.91 Å². The van der Waals surface area contributed by atoms with Crippen molar-refractivity contribution in [2.45, 2.75) is 19.8 Å². The first kappa shape index (κ1) is 16.9. The maximum atomic E-state index is 12.4. The molecule has 1 aromatic heterocycles. The fourth-order valence-electron chi connectivity index (χ4n) is 2.76. The van der Waals surface area contributed by atoms with E-state index in [1.54, 1.807) is 17.9 Å². The number of carbonyl (C=O) groups is 2. The van der Waals surface area contributed by atoms with Crippen molar-refractivity contribution < 1.29 is 14.7 Å². The number of aliphatic carboxylic acids is 1. The lowest BCUT2D eigenvalue weighted by molar-refractivity contribution is -0.147. The Hall–Kier alpha value is -1.92. The van der Waals surface area contributed by atoms with Crippen LogP contribution in [0.5, 0.6) is 0 Å². The van der Waals surface area contributed by atoms with Gasteiger partial charge in [0.1, 0.15) is 5.01 Å². The van der Waals surface area contributed by atoms with E-state index >= 15 is 0 Å². The number of aromatic nitrogens is 1. The monoisotopic (exact) mass is 364 g/mol. The lowest BCUT2D eigenvalue weighted by Gasteiger charge is -2.19. The van der Waals surface area contributed by atoms with Crippen LogP contribution < -0.4 is 0 Å². The van der Waals surface area contributed by atoms with Crippen molar-refractivity contribution in [1.29, 1.82) is 0 Å². The summed E-state index contributed by atoms with van der Waals surface area (Å²) in [5.74, 6) is -0.941. The first-order chi connectivity index (χ1) is 11.4. The SMILES string of the molecule is CC1(C(=O)O)CCN(C(=O)Cc2csc(-c3ccccc3Cl)n2)C1. The molecule has 1 atom stereocenters.